The Morgan fingerprint density at radius 3 is 2.46 bits per heavy atom. The SMILES string of the molecule is CCCCNCc1cccc(OC)c1OCCOc1ccccc1. The molecule has 0 aliphatic heterocycles. The molecule has 0 fully saturated rings. The van der Waals surface area contributed by atoms with Gasteiger partial charge in [-0.3, -0.25) is 0 Å². The van der Waals surface area contributed by atoms with Gasteiger partial charge in [-0.1, -0.05) is 43.7 Å². The van der Waals surface area contributed by atoms with Gasteiger partial charge in [0.1, 0.15) is 19.0 Å². The summed E-state index contributed by atoms with van der Waals surface area (Å²) in [5.74, 6) is 2.40. The molecule has 2 aromatic rings. The van der Waals surface area contributed by atoms with E-state index in [-0.39, 0.29) is 0 Å². The molecule has 0 atom stereocenters. The smallest absolute Gasteiger partial charge is 0.165 e. The van der Waals surface area contributed by atoms with Gasteiger partial charge in [-0.25, -0.2) is 0 Å². The summed E-state index contributed by atoms with van der Waals surface area (Å²) in [6.07, 6.45) is 2.36. The number of para-hydroxylation sites is 2. The Hall–Kier alpha value is -2.20. The Bertz CT molecular complexity index is 587. The predicted octanol–water partition coefficient (Wildman–Crippen LogP) is 4.04. The maximum Gasteiger partial charge on any atom is 0.165 e. The predicted molar refractivity (Wildman–Crippen MR) is 97.0 cm³/mol. The van der Waals surface area contributed by atoms with Crippen molar-refractivity contribution in [3.63, 3.8) is 0 Å². The Morgan fingerprint density at radius 1 is 0.917 bits per heavy atom. The lowest BCUT2D eigenvalue weighted by Gasteiger charge is -2.16. The molecule has 0 spiro atoms. The molecule has 0 amide bonds. The van der Waals surface area contributed by atoms with Crippen LogP contribution in [0.15, 0.2) is 48.5 Å². The van der Waals surface area contributed by atoms with Crippen LogP contribution in [0, 0.1) is 0 Å². The van der Waals surface area contributed by atoms with E-state index in [0.717, 1.165) is 35.9 Å². The highest BCUT2D eigenvalue weighted by molar-refractivity contribution is 5.46. The van der Waals surface area contributed by atoms with Crippen LogP contribution in [0.4, 0.5) is 0 Å². The summed E-state index contributed by atoms with van der Waals surface area (Å²) >= 11 is 0. The van der Waals surface area contributed by atoms with Crippen LogP contribution in [-0.4, -0.2) is 26.9 Å². The number of unbranched alkanes of at least 4 members (excludes halogenated alkanes) is 1. The molecule has 0 radical (unpaired) electrons. The van der Waals surface area contributed by atoms with Crippen LogP contribution >= 0.6 is 0 Å². The Labute approximate surface area is 144 Å². The van der Waals surface area contributed by atoms with E-state index in [9.17, 15) is 0 Å². The lowest BCUT2D eigenvalue weighted by molar-refractivity contribution is 0.209. The second kappa shape index (κ2) is 10.6. The van der Waals surface area contributed by atoms with E-state index in [1.807, 2.05) is 42.5 Å². The molecule has 4 nitrogen and oxygen atoms in total. The third kappa shape index (κ3) is 5.78. The van der Waals surface area contributed by atoms with Crippen LogP contribution in [0.5, 0.6) is 17.2 Å². The van der Waals surface area contributed by atoms with Gasteiger partial charge in [-0.05, 0) is 31.2 Å². The van der Waals surface area contributed by atoms with Crippen LogP contribution in [0.1, 0.15) is 25.3 Å². The fourth-order valence-corrected chi connectivity index (χ4v) is 2.37. The van der Waals surface area contributed by atoms with Gasteiger partial charge in [0.25, 0.3) is 0 Å². The Balaban J connectivity index is 1.89. The maximum absolute atomic E-state index is 5.95. The van der Waals surface area contributed by atoms with Gasteiger partial charge in [-0.2, -0.15) is 0 Å². The first-order valence-electron chi connectivity index (χ1n) is 8.52. The summed E-state index contributed by atoms with van der Waals surface area (Å²) in [5, 5.41) is 3.44. The number of hydrogen-bond donors (Lipinski definition) is 1. The van der Waals surface area contributed by atoms with E-state index in [2.05, 4.69) is 18.3 Å². The quantitative estimate of drug-likeness (QED) is 0.632. The molecule has 0 saturated carbocycles. The molecule has 0 aromatic heterocycles. The zero-order valence-corrected chi connectivity index (χ0v) is 14.6. The first kappa shape index (κ1) is 18.1. The molecule has 0 unspecified atom stereocenters. The van der Waals surface area contributed by atoms with Crippen molar-refractivity contribution < 1.29 is 14.2 Å². The lowest BCUT2D eigenvalue weighted by atomic mass is 10.2. The van der Waals surface area contributed by atoms with Crippen LogP contribution in [0.25, 0.3) is 0 Å². The number of benzene rings is 2. The average molecular weight is 329 g/mol. The standard InChI is InChI=1S/C20H27NO3/c1-3-4-13-21-16-17-9-8-12-19(22-2)20(17)24-15-14-23-18-10-6-5-7-11-18/h5-12,21H,3-4,13-16H2,1-2H3. The van der Waals surface area contributed by atoms with Gasteiger partial charge < -0.3 is 19.5 Å². The molecule has 24 heavy (non-hydrogen) atoms. The molecule has 0 heterocycles. The van der Waals surface area contributed by atoms with E-state index >= 15 is 0 Å². The summed E-state index contributed by atoms with van der Waals surface area (Å²) < 4.78 is 17.1. The lowest BCUT2D eigenvalue weighted by Crippen LogP contribution is -2.16. The highest BCUT2D eigenvalue weighted by atomic mass is 16.5. The topological polar surface area (TPSA) is 39.7 Å². The number of hydrogen-bond acceptors (Lipinski definition) is 4. The third-order valence-corrected chi connectivity index (χ3v) is 3.64. The van der Waals surface area contributed by atoms with Crippen molar-refractivity contribution in [1.29, 1.82) is 0 Å². The molecular formula is C20H27NO3. The fourth-order valence-electron chi connectivity index (χ4n) is 2.37. The molecule has 4 heteroatoms. The van der Waals surface area contributed by atoms with Crippen molar-refractivity contribution in [2.75, 3.05) is 26.9 Å². The third-order valence-electron chi connectivity index (χ3n) is 3.64. The minimum absolute atomic E-state index is 0.469. The second-order valence-electron chi connectivity index (χ2n) is 5.49. The monoisotopic (exact) mass is 329 g/mol. The Morgan fingerprint density at radius 2 is 1.71 bits per heavy atom. The van der Waals surface area contributed by atoms with Crippen LogP contribution in [0.2, 0.25) is 0 Å². The molecule has 0 aliphatic rings. The van der Waals surface area contributed by atoms with Crippen molar-refractivity contribution in [2.24, 2.45) is 0 Å². The van der Waals surface area contributed by atoms with E-state index in [1.165, 1.54) is 12.8 Å². The number of methoxy groups -OCH3 is 1. The highest BCUT2D eigenvalue weighted by Gasteiger charge is 2.10. The first-order valence-corrected chi connectivity index (χ1v) is 8.52. The zero-order valence-electron chi connectivity index (χ0n) is 14.6. The minimum Gasteiger partial charge on any atom is -0.493 e. The van der Waals surface area contributed by atoms with Crippen LogP contribution in [-0.2, 0) is 6.54 Å². The Kier molecular flexibility index (Phi) is 7.98. The van der Waals surface area contributed by atoms with Crippen molar-refractivity contribution in [3.05, 3.63) is 54.1 Å². The molecule has 1 N–H and O–H groups in total. The molecule has 0 saturated heterocycles. The molecule has 130 valence electrons. The zero-order chi connectivity index (χ0) is 17.0. The fraction of sp³-hybridized carbons (Fsp3) is 0.400. The molecular weight excluding hydrogens is 302 g/mol. The van der Waals surface area contributed by atoms with E-state index in [1.54, 1.807) is 7.11 Å². The van der Waals surface area contributed by atoms with Crippen molar-refractivity contribution in [1.82, 2.24) is 5.32 Å². The summed E-state index contributed by atoms with van der Waals surface area (Å²) in [7, 11) is 1.66. The van der Waals surface area contributed by atoms with Crippen molar-refractivity contribution >= 4 is 0 Å². The summed E-state index contributed by atoms with van der Waals surface area (Å²) in [6.45, 7) is 4.92. The average Bonchev–Trinajstić information content (AvgIpc) is 2.63. The van der Waals surface area contributed by atoms with Crippen molar-refractivity contribution in [2.45, 2.75) is 26.3 Å². The largest absolute Gasteiger partial charge is 0.493 e. The van der Waals surface area contributed by atoms with E-state index < -0.39 is 0 Å². The van der Waals surface area contributed by atoms with Gasteiger partial charge in [0.05, 0.1) is 7.11 Å². The van der Waals surface area contributed by atoms with Gasteiger partial charge in [-0.15, -0.1) is 0 Å². The van der Waals surface area contributed by atoms with Gasteiger partial charge in [0.2, 0.25) is 0 Å². The number of ether oxygens (including phenoxy) is 3. The maximum atomic E-state index is 5.95. The number of nitrogens with one attached hydrogen (secondary N) is 1. The second-order valence-corrected chi connectivity index (χ2v) is 5.49. The minimum atomic E-state index is 0.469. The highest BCUT2D eigenvalue weighted by Crippen LogP contribution is 2.31. The van der Waals surface area contributed by atoms with Crippen LogP contribution in [0.3, 0.4) is 0 Å². The van der Waals surface area contributed by atoms with E-state index in [0.29, 0.717) is 13.2 Å². The van der Waals surface area contributed by atoms with Gasteiger partial charge >= 0.3 is 0 Å². The molecule has 2 aromatic carbocycles. The molecule has 0 aliphatic carbocycles. The molecule has 2 rings (SSSR count). The molecule has 0 bridgehead atoms. The normalized spacial score (nSPS) is 10.4. The van der Waals surface area contributed by atoms with Crippen LogP contribution < -0.4 is 19.5 Å². The van der Waals surface area contributed by atoms with Gasteiger partial charge in [0, 0.05) is 12.1 Å². The van der Waals surface area contributed by atoms with Gasteiger partial charge in [0.15, 0.2) is 11.5 Å². The summed E-state index contributed by atoms with van der Waals surface area (Å²) in [4.78, 5) is 0. The van der Waals surface area contributed by atoms with E-state index in [4.69, 9.17) is 14.2 Å². The summed E-state index contributed by atoms with van der Waals surface area (Å²) in [6, 6.07) is 15.7. The van der Waals surface area contributed by atoms with Crippen molar-refractivity contribution in [3.8, 4) is 17.2 Å². The summed E-state index contributed by atoms with van der Waals surface area (Å²) in [5.41, 5.74) is 1.10. The first-order chi connectivity index (χ1) is 11.8. The number of rotatable bonds is 11.